The molecule has 3 N–H and O–H groups in total. The molecule has 8 nitrogen and oxygen atoms in total. The fraction of sp³-hybridized carbons (Fsp3) is 0.600. The van der Waals surface area contributed by atoms with Gasteiger partial charge in [0.25, 0.3) is 0 Å². The summed E-state index contributed by atoms with van der Waals surface area (Å²) >= 11 is 0. The summed E-state index contributed by atoms with van der Waals surface area (Å²) in [5.41, 5.74) is 0.0790. The predicted octanol–water partition coefficient (Wildman–Crippen LogP) is 1.19. The van der Waals surface area contributed by atoms with E-state index < -0.39 is 36.7 Å². The van der Waals surface area contributed by atoms with Gasteiger partial charge in [-0.3, -0.25) is 4.90 Å². The van der Waals surface area contributed by atoms with Crippen molar-refractivity contribution in [2.45, 2.75) is 57.3 Å². The highest BCUT2D eigenvalue weighted by Gasteiger charge is 2.67. The van der Waals surface area contributed by atoms with Crippen LogP contribution in [0.3, 0.4) is 0 Å². The lowest BCUT2D eigenvalue weighted by Crippen LogP contribution is -2.53. The van der Waals surface area contributed by atoms with E-state index in [4.69, 9.17) is 19.5 Å². The number of carbonyl (C=O) groups is 2. The second-order valence-electron chi connectivity index (χ2n) is 8.15. The molecule has 2 fully saturated rings. The molecule has 3 rings (SSSR count). The van der Waals surface area contributed by atoms with E-state index in [2.05, 4.69) is 0 Å². The zero-order valence-electron chi connectivity index (χ0n) is 16.7. The average Bonchev–Trinajstić information content (AvgIpc) is 2.89. The molecule has 1 aliphatic heterocycles. The van der Waals surface area contributed by atoms with Crippen LogP contribution in [0.15, 0.2) is 30.3 Å². The lowest BCUT2D eigenvalue weighted by atomic mass is 9.60. The number of ether oxygens (including phenoxy) is 2. The molecule has 1 aliphatic carbocycles. The van der Waals surface area contributed by atoms with E-state index >= 15 is 0 Å². The maximum Gasteiger partial charge on any atom is 0.451 e. The third-order valence-corrected chi connectivity index (χ3v) is 6.35. The summed E-state index contributed by atoms with van der Waals surface area (Å²) < 4.78 is 10.5. The number of benzene rings is 1. The molecule has 0 aromatic heterocycles. The van der Waals surface area contributed by atoms with Crippen LogP contribution in [0.2, 0.25) is 6.32 Å². The minimum absolute atomic E-state index is 0.0808. The molecule has 0 bridgehead atoms. The molecule has 0 unspecified atom stereocenters. The molecule has 1 amide bonds. The van der Waals surface area contributed by atoms with Gasteiger partial charge in [0.05, 0.1) is 13.2 Å². The third kappa shape index (κ3) is 4.13. The standard InChI is InChI=1S/C20H28BNO7/c1-20(9-6-10-21(26)27)16-14(11-15(16)23)22(17(20)18(24)28-2)19(25)29-12-13-7-4-3-5-8-13/h3-5,7-8,14-17,23,26-27H,6,9-12H2,1-2H3/t14-,15+,16-,17-,20-/m1/s1. The van der Waals surface area contributed by atoms with E-state index in [0.717, 1.165) is 5.56 Å². The van der Waals surface area contributed by atoms with Crippen molar-refractivity contribution in [2.24, 2.45) is 11.3 Å². The molecule has 1 aromatic carbocycles. The van der Waals surface area contributed by atoms with Gasteiger partial charge in [0, 0.05) is 17.4 Å². The SMILES string of the molecule is COC(=O)[C@H]1N(C(=O)OCc2ccccc2)[C@@H]2C[C@H](O)[C@@H]2[C@@]1(C)CCCB(O)O. The summed E-state index contributed by atoms with van der Waals surface area (Å²) in [6.07, 6.45) is 0.141. The summed E-state index contributed by atoms with van der Waals surface area (Å²) in [4.78, 5) is 27.1. The predicted molar refractivity (Wildman–Crippen MR) is 105 cm³/mol. The number of nitrogens with zero attached hydrogens (tertiary/aromatic N) is 1. The van der Waals surface area contributed by atoms with Gasteiger partial charge >= 0.3 is 19.2 Å². The van der Waals surface area contributed by atoms with Gasteiger partial charge in [-0.25, -0.2) is 9.59 Å². The van der Waals surface area contributed by atoms with Gasteiger partial charge in [-0.15, -0.1) is 0 Å². The van der Waals surface area contributed by atoms with E-state index in [1.54, 1.807) is 0 Å². The first-order valence-electron chi connectivity index (χ1n) is 9.90. The quantitative estimate of drug-likeness (QED) is 0.461. The molecule has 0 spiro atoms. The molecule has 2 aliphatic rings. The second-order valence-corrected chi connectivity index (χ2v) is 8.15. The van der Waals surface area contributed by atoms with Crippen molar-refractivity contribution in [3.8, 4) is 0 Å². The Bertz CT molecular complexity index is 731. The van der Waals surface area contributed by atoms with E-state index in [1.165, 1.54) is 12.0 Å². The van der Waals surface area contributed by atoms with Gasteiger partial charge in [-0.2, -0.15) is 0 Å². The molecule has 1 aromatic rings. The van der Waals surface area contributed by atoms with Crippen molar-refractivity contribution in [1.82, 2.24) is 4.90 Å². The molecule has 1 saturated heterocycles. The Balaban J connectivity index is 1.81. The molecular weight excluding hydrogens is 377 g/mol. The average molecular weight is 405 g/mol. The van der Waals surface area contributed by atoms with Gasteiger partial charge in [-0.05, 0) is 24.7 Å². The van der Waals surface area contributed by atoms with Crippen molar-refractivity contribution in [3.63, 3.8) is 0 Å². The van der Waals surface area contributed by atoms with Gasteiger partial charge in [0.1, 0.15) is 12.6 Å². The van der Waals surface area contributed by atoms with E-state index in [1.807, 2.05) is 37.3 Å². The maximum atomic E-state index is 13.0. The molecule has 1 saturated carbocycles. The third-order valence-electron chi connectivity index (χ3n) is 6.35. The van der Waals surface area contributed by atoms with Crippen LogP contribution in [0.4, 0.5) is 4.79 Å². The highest BCUT2D eigenvalue weighted by molar-refractivity contribution is 6.40. The van der Waals surface area contributed by atoms with Gasteiger partial charge in [0.2, 0.25) is 0 Å². The number of esters is 1. The normalized spacial score (nSPS) is 30.3. The first-order chi connectivity index (χ1) is 13.8. The monoisotopic (exact) mass is 405 g/mol. The number of aliphatic hydroxyl groups is 1. The fourth-order valence-electron chi connectivity index (χ4n) is 4.96. The smallest absolute Gasteiger partial charge is 0.451 e. The Morgan fingerprint density at radius 1 is 1.28 bits per heavy atom. The maximum absolute atomic E-state index is 13.0. The molecular formula is C20H28BNO7. The highest BCUT2D eigenvalue weighted by atomic mass is 16.6. The van der Waals surface area contributed by atoms with Crippen LogP contribution >= 0.6 is 0 Å². The van der Waals surface area contributed by atoms with Crippen LogP contribution in [-0.2, 0) is 20.9 Å². The number of amides is 1. The minimum atomic E-state index is -1.44. The molecule has 9 heteroatoms. The van der Waals surface area contributed by atoms with Crippen molar-refractivity contribution in [3.05, 3.63) is 35.9 Å². The highest BCUT2D eigenvalue weighted by Crippen LogP contribution is 2.57. The lowest BCUT2D eigenvalue weighted by Gasteiger charge is -2.44. The van der Waals surface area contributed by atoms with Crippen LogP contribution < -0.4 is 0 Å². The number of rotatable bonds is 7. The van der Waals surface area contributed by atoms with E-state index in [0.29, 0.717) is 19.3 Å². The first-order valence-corrected chi connectivity index (χ1v) is 9.90. The van der Waals surface area contributed by atoms with Gasteiger partial charge in [-0.1, -0.05) is 43.7 Å². The number of hydrogen-bond donors (Lipinski definition) is 3. The summed E-state index contributed by atoms with van der Waals surface area (Å²) in [6.45, 7) is 1.93. The Morgan fingerprint density at radius 2 is 1.97 bits per heavy atom. The molecule has 0 radical (unpaired) electrons. The van der Waals surface area contributed by atoms with Crippen LogP contribution in [0, 0.1) is 11.3 Å². The Hall–Kier alpha value is -2.10. The molecule has 158 valence electrons. The van der Waals surface area contributed by atoms with Crippen LogP contribution in [-0.4, -0.2) is 64.5 Å². The summed E-state index contributed by atoms with van der Waals surface area (Å²) in [6, 6.07) is 8.03. The Labute approximate surface area is 170 Å². The number of aliphatic hydroxyl groups excluding tert-OH is 1. The summed E-state index contributed by atoms with van der Waals surface area (Å²) in [5, 5.41) is 28.7. The molecule has 1 heterocycles. The topological polar surface area (TPSA) is 117 Å². The Morgan fingerprint density at radius 3 is 2.55 bits per heavy atom. The molecule has 5 atom stereocenters. The Kier molecular flexibility index (Phi) is 6.50. The van der Waals surface area contributed by atoms with E-state index in [-0.39, 0.29) is 24.9 Å². The molecule has 29 heavy (non-hydrogen) atoms. The zero-order chi connectivity index (χ0) is 21.2. The number of carbonyl (C=O) groups excluding carboxylic acids is 2. The summed E-state index contributed by atoms with van der Waals surface area (Å²) in [7, 11) is -0.171. The number of likely N-dealkylation sites (tertiary alicyclic amines) is 1. The van der Waals surface area contributed by atoms with E-state index in [9.17, 15) is 14.7 Å². The summed E-state index contributed by atoms with van der Waals surface area (Å²) in [5.74, 6) is -0.859. The zero-order valence-corrected chi connectivity index (χ0v) is 16.7. The van der Waals surface area contributed by atoms with Crippen LogP contribution in [0.1, 0.15) is 31.7 Å². The fourth-order valence-corrected chi connectivity index (χ4v) is 4.96. The van der Waals surface area contributed by atoms with Gasteiger partial charge < -0.3 is 24.6 Å². The van der Waals surface area contributed by atoms with Crippen molar-refractivity contribution in [2.75, 3.05) is 7.11 Å². The first kappa shape index (κ1) is 21.6. The van der Waals surface area contributed by atoms with Crippen molar-refractivity contribution in [1.29, 1.82) is 0 Å². The number of methoxy groups -OCH3 is 1. The van der Waals surface area contributed by atoms with Crippen molar-refractivity contribution < 1.29 is 34.2 Å². The number of fused-ring (bicyclic) bond motifs is 1. The van der Waals surface area contributed by atoms with Gasteiger partial charge in [0.15, 0.2) is 0 Å². The van der Waals surface area contributed by atoms with Crippen molar-refractivity contribution >= 4 is 19.2 Å². The largest absolute Gasteiger partial charge is 0.467 e. The lowest BCUT2D eigenvalue weighted by molar-refractivity contribution is -0.149. The van der Waals surface area contributed by atoms with Crippen LogP contribution in [0.25, 0.3) is 0 Å². The van der Waals surface area contributed by atoms with Crippen LogP contribution in [0.5, 0.6) is 0 Å². The minimum Gasteiger partial charge on any atom is -0.467 e. The number of hydrogen-bond acceptors (Lipinski definition) is 7. The second kappa shape index (κ2) is 8.73.